The summed E-state index contributed by atoms with van der Waals surface area (Å²) in [6.45, 7) is 6.15. The van der Waals surface area contributed by atoms with Gasteiger partial charge in [-0.25, -0.2) is 18.6 Å². The molecular formula is C24H27F2N7O2. The minimum absolute atomic E-state index is 0.0386. The monoisotopic (exact) mass is 483 g/mol. The molecule has 0 unspecified atom stereocenters. The average molecular weight is 484 g/mol. The van der Waals surface area contributed by atoms with Gasteiger partial charge in [-0.1, -0.05) is 0 Å². The van der Waals surface area contributed by atoms with E-state index < -0.39 is 17.7 Å². The number of hydrogen-bond acceptors (Lipinski definition) is 6. The molecule has 184 valence electrons. The number of pyridine rings is 2. The number of hydrogen-bond donors (Lipinski definition) is 2. The number of fused-ring (bicyclic) bond motifs is 2. The summed E-state index contributed by atoms with van der Waals surface area (Å²) in [7, 11) is 0. The van der Waals surface area contributed by atoms with Gasteiger partial charge in [0.25, 0.3) is 0 Å². The first-order chi connectivity index (χ1) is 16.8. The molecule has 9 nitrogen and oxygen atoms in total. The lowest BCUT2D eigenvalue weighted by atomic mass is 9.82. The van der Waals surface area contributed by atoms with Crippen molar-refractivity contribution < 1.29 is 18.3 Å². The van der Waals surface area contributed by atoms with E-state index >= 15 is 0 Å². The zero-order valence-electron chi connectivity index (χ0n) is 19.6. The number of rotatable bonds is 5. The van der Waals surface area contributed by atoms with Gasteiger partial charge in [0.1, 0.15) is 6.10 Å². The Morgan fingerprint density at radius 2 is 1.97 bits per heavy atom. The Morgan fingerprint density at radius 1 is 1.23 bits per heavy atom. The number of nitrogens with one attached hydrogen (secondary N) is 1. The summed E-state index contributed by atoms with van der Waals surface area (Å²) in [4.78, 5) is 21.9. The number of anilines is 1. The maximum atomic E-state index is 14.1. The van der Waals surface area contributed by atoms with Gasteiger partial charge in [0.05, 0.1) is 23.7 Å². The first-order valence-corrected chi connectivity index (χ1v) is 11.6. The molecule has 3 aromatic heterocycles. The van der Waals surface area contributed by atoms with Crippen molar-refractivity contribution in [3.05, 3.63) is 53.6 Å². The zero-order valence-corrected chi connectivity index (χ0v) is 19.6. The van der Waals surface area contributed by atoms with Crippen LogP contribution in [-0.4, -0.2) is 50.3 Å². The van der Waals surface area contributed by atoms with Crippen LogP contribution in [0.3, 0.4) is 0 Å². The Morgan fingerprint density at radius 3 is 2.71 bits per heavy atom. The van der Waals surface area contributed by atoms with Crippen molar-refractivity contribution >= 4 is 11.8 Å². The summed E-state index contributed by atoms with van der Waals surface area (Å²) >= 11 is 0. The van der Waals surface area contributed by atoms with E-state index in [-0.39, 0.29) is 28.6 Å². The van der Waals surface area contributed by atoms with Crippen molar-refractivity contribution in [2.24, 2.45) is 0 Å². The highest BCUT2D eigenvalue weighted by Gasteiger charge is 2.46. The molecule has 1 fully saturated rings. The van der Waals surface area contributed by atoms with Gasteiger partial charge in [0, 0.05) is 49.0 Å². The lowest BCUT2D eigenvalue weighted by Crippen LogP contribution is -2.40. The summed E-state index contributed by atoms with van der Waals surface area (Å²) in [5.74, 6) is -1.28. The second kappa shape index (κ2) is 8.79. The number of aryl methyl sites for hydroxylation is 1. The maximum Gasteiger partial charge on any atom is 0.317 e. The molecular weight excluding hydrogens is 456 g/mol. The quantitative estimate of drug-likeness (QED) is 0.575. The Labute approximate surface area is 201 Å². The van der Waals surface area contributed by atoms with E-state index in [4.69, 9.17) is 15.6 Å². The molecule has 5 heterocycles. The molecule has 0 aliphatic carbocycles. The van der Waals surface area contributed by atoms with E-state index in [0.717, 1.165) is 37.5 Å². The second-order valence-corrected chi connectivity index (χ2v) is 9.06. The number of nitrogen functional groups attached to an aromatic ring is 1. The first kappa shape index (κ1) is 23.0. The molecule has 2 aliphatic heterocycles. The number of amides is 2. The highest BCUT2D eigenvalue weighted by atomic mass is 19.1. The maximum absolute atomic E-state index is 14.1. The number of urea groups is 1. The second-order valence-electron chi connectivity index (χ2n) is 9.06. The van der Waals surface area contributed by atoms with Crippen molar-refractivity contribution in [1.82, 2.24) is 30.0 Å². The smallest absolute Gasteiger partial charge is 0.317 e. The van der Waals surface area contributed by atoms with E-state index in [0.29, 0.717) is 30.9 Å². The van der Waals surface area contributed by atoms with Gasteiger partial charge < -0.3 is 20.7 Å². The number of halogens is 2. The third-order valence-electron chi connectivity index (χ3n) is 6.87. The molecule has 2 atom stereocenters. The molecule has 2 amide bonds. The van der Waals surface area contributed by atoms with E-state index in [2.05, 4.69) is 15.3 Å². The highest BCUT2D eigenvalue weighted by molar-refractivity contribution is 5.75. The Balaban J connectivity index is 1.40. The molecule has 0 radical (unpaired) electrons. The molecule has 3 aromatic rings. The predicted octanol–water partition coefficient (Wildman–Crippen LogP) is 3.42. The zero-order chi connectivity index (χ0) is 24.7. The Kier molecular flexibility index (Phi) is 5.78. The van der Waals surface area contributed by atoms with Crippen LogP contribution in [0.4, 0.5) is 19.4 Å². The van der Waals surface area contributed by atoms with Crippen LogP contribution in [0.1, 0.15) is 44.1 Å². The number of carbonyl (C=O) groups excluding carboxylic acids is 1. The summed E-state index contributed by atoms with van der Waals surface area (Å²) in [5.41, 5.74) is 8.11. The van der Waals surface area contributed by atoms with Gasteiger partial charge in [0.15, 0.2) is 23.2 Å². The van der Waals surface area contributed by atoms with Crippen molar-refractivity contribution in [2.45, 2.75) is 44.8 Å². The minimum Gasteiger partial charge on any atom is -0.482 e. The number of aromatic nitrogens is 4. The van der Waals surface area contributed by atoms with E-state index in [1.165, 1.54) is 6.92 Å². The molecule has 2 aliphatic rings. The molecule has 5 rings (SSSR count). The van der Waals surface area contributed by atoms with Crippen LogP contribution >= 0.6 is 0 Å². The number of ether oxygens (including phenoxy) is 1. The molecule has 0 saturated carbocycles. The third-order valence-corrected chi connectivity index (χ3v) is 6.87. The first-order valence-electron chi connectivity index (χ1n) is 11.6. The van der Waals surface area contributed by atoms with Crippen molar-refractivity contribution in [3.8, 4) is 17.0 Å². The summed E-state index contributed by atoms with van der Waals surface area (Å²) in [5, 5.41) is 7.63. The Bertz CT molecular complexity index is 1260. The Hall–Kier alpha value is -3.76. The number of nitrogens with zero attached hydrogens (tertiary/aromatic N) is 5. The van der Waals surface area contributed by atoms with Crippen molar-refractivity contribution in [3.63, 3.8) is 0 Å². The number of carbonyl (C=O) groups is 1. The summed E-state index contributed by atoms with van der Waals surface area (Å²) in [6, 6.07) is 3.66. The van der Waals surface area contributed by atoms with Crippen LogP contribution in [0.25, 0.3) is 11.3 Å². The standard InChI is InChI=1S/C24H27F2N7O2/c1-3-29-23(34)32-6-4-24(13-32)5-7-33-20(24)9-18(31-33)15-8-19(22(27)30-10-15)35-14(2)21-16(25)11-28-12-17(21)26/h8-12,14H,3-7,13H2,1-2H3,(H2,27,30)(H,29,34)/t14-,24+/m0/s1. The van der Waals surface area contributed by atoms with Crippen LogP contribution in [0, 0.1) is 11.6 Å². The summed E-state index contributed by atoms with van der Waals surface area (Å²) in [6.07, 6.45) is 4.33. The molecule has 1 spiro atoms. The molecule has 0 aromatic carbocycles. The van der Waals surface area contributed by atoms with Crippen LogP contribution in [-0.2, 0) is 12.0 Å². The topological polar surface area (TPSA) is 111 Å². The van der Waals surface area contributed by atoms with Crippen LogP contribution in [0.15, 0.2) is 30.7 Å². The largest absolute Gasteiger partial charge is 0.482 e. The van der Waals surface area contributed by atoms with Gasteiger partial charge in [-0.2, -0.15) is 5.10 Å². The highest BCUT2D eigenvalue weighted by Crippen LogP contribution is 2.44. The number of likely N-dealkylation sites (tertiary alicyclic amines) is 1. The molecule has 3 N–H and O–H groups in total. The van der Waals surface area contributed by atoms with Gasteiger partial charge in [-0.15, -0.1) is 0 Å². The van der Waals surface area contributed by atoms with E-state index in [9.17, 15) is 13.6 Å². The normalized spacial score (nSPS) is 19.7. The van der Waals surface area contributed by atoms with Crippen molar-refractivity contribution in [2.75, 3.05) is 25.4 Å². The van der Waals surface area contributed by atoms with Crippen LogP contribution < -0.4 is 15.8 Å². The molecule has 1 saturated heterocycles. The summed E-state index contributed by atoms with van der Waals surface area (Å²) < 4.78 is 36.1. The molecule has 11 heteroatoms. The minimum atomic E-state index is -0.952. The van der Waals surface area contributed by atoms with Gasteiger partial charge >= 0.3 is 6.03 Å². The lowest BCUT2D eigenvalue weighted by Gasteiger charge is -2.23. The fraction of sp³-hybridized carbons (Fsp3) is 0.417. The fourth-order valence-corrected chi connectivity index (χ4v) is 5.07. The van der Waals surface area contributed by atoms with Crippen LogP contribution in [0.5, 0.6) is 5.75 Å². The predicted molar refractivity (Wildman–Crippen MR) is 125 cm³/mol. The van der Waals surface area contributed by atoms with Gasteiger partial charge in [-0.3, -0.25) is 9.67 Å². The average Bonchev–Trinajstić information content (AvgIpc) is 3.52. The number of nitrogens with two attached hydrogens (primary N) is 1. The van der Waals surface area contributed by atoms with Gasteiger partial charge in [-0.05, 0) is 38.8 Å². The van der Waals surface area contributed by atoms with E-state index in [1.807, 2.05) is 22.6 Å². The SMILES string of the molecule is CCNC(=O)N1CC[C@@]2(CCn3nc(-c4cnc(N)c(O[C@@H](C)c5c(F)cncc5F)c4)cc32)C1. The lowest BCUT2D eigenvalue weighted by molar-refractivity contribution is 0.206. The van der Waals surface area contributed by atoms with Gasteiger partial charge in [0.2, 0.25) is 0 Å². The third kappa shape index (κ3) is 4.04. The fourth-order valence-electron chi connectivity index (χ4n) is 5.07. The van der Waals surface area contributed by atoms with E-state index in [1.54, 1.807) is 12.3 Å². The van der Waals surface area contributed by atoms with Crippen molar-refractivity contribution in [1.29, 1.82) is 0 Å². The molecule has 0 bridgehead atoms. The van der Waals surface area contributed by atoms with Crippen LogP contribution in [0.2, 0.25) is 0 Å². The molecule has 35 heavy (non-hydrogen) atoms.